The Morgan fingerprint density at radius 3 is 2.32 bits per heavy atom. The quantitative estimate of drug-likeness (QED) is 0.711. The number of carbonyl (C=O) groups excluding carboxylic acids is 1. The Hall–Kier alpha value is -0.610. The summed E-state index contributed by atoms with van der Waals surface area (Å²) in [6.07, 6.45) is 6.61. The number of carbonyl (C=O) groups is 1. The van der Waals surface area contributed by atoms with Gasteiger partial charge in [-0.15, -0.1) is 0 Å². The molecule has 0 amide bonds. The van der Waals surface area contributed by atoms with Crippen LogP contribution in [0.25, 0.3) is 0 Å². The fourth-order valence-electron chi connectivity index (χ4n) is 5.06. The number of ether oxygens (including phenoxy) is 1. The molecule has 0 unspecified atom stereocenters. The molecule has 3 aliphatic rings. The fraction of sp³-hybridized carbons (Fsp3) is 0.933. The van der Waals surface area contributed by atoms with Gasteiger partial charge in [0.05, 0.1) is 6.10 Å². The predicted octanol–water partition coefficient (Wildman–Crippen LogP) is 1.77. The third-order valence-corrected chi connectivity index (χ3v) is 5.69. The molecule has 3 saturated carbocycles. The molecule has 4 heteroatoms. The minimum atomic E-state index is -1.02. The lowest BCUT2D eigenvalue weighted by Gasteiger charge is -2.67. The van der Waals surface area contributed by atoms with E-state index in [2.05, 4.69) is 0 Å². The summed E-state index contributed by atoms with van der Waals surface area (Å²) in [5.41, 5.74) is -1.52. The van der Waals surface area contributed by atoms with Crippen molar-refractivity contribution in [3.05, 3.63) is 0 Å². The molecule has 0 radical (unpaired) electrons. The number of aliphatic hydroxyl groups excluding tert-OH is 1. The van der Waals surface area contributed by atoms with E-state index in [-0.39, 0.29) is 17.8 Å². The van der Waals surface area contributed by atoms with Crippen LogP contribution in [0.15, 0.2) is 0 Å². The van der Waals surface area contributed by atoms with E-state index in [1.165, 1.54) is 6.92 Å². The molecule has 3 rings (SSSR count). The Morgan fingerprint density at radius 2 is 1.68 bits per heavy atom. The van der Waals surface area contributed by atoms with Crippen molar-refractivity contribution in [2.45, 2.75) is 75.6 Å². The molecule has 0 aromatic heterocycles. The minimum Gasteiger partial charge on any atom is -0.458 e. The number of aliphatic hydroxyl groups is 2. The Morgan fingerprint density at radius 1 is 1.11 bits per heavy atom. The third-order valence-electron chi connectivity index (χ3n) is 5.69. The molecule has 3 fully saturated rings. The van der Waals surface area contributed by atoms with Crippen molar-refractivity contribution in [3.63, 3.8) is 0 Å². The van der Waals surface area contributed by atoms with Crippen LogP contribution in [0.1, 0.15) is 58.3 Å². The van der Waals surface area contributed by atoms with Crippen LogP contribution in [0.5, 0.6) is 0 Å². The predicted molar refractivity (Wildman–Crippen MR) is 69.4 cm³/mol. The zero-order valence-electron chi connectivity index (χ0n) is 11.6. The first-order chi connectivity index (χ1) is 9.02. The highest BCUT2D eigenvalue weighted by Crippen LogP contribution is 2.64. The first-order valence-electron chi connectivity index (χ1n) is 7.62. The topological polar surface area (TPSA) is 66.8 Å². The summed E-state index contributed by atoms with van der Waals surface area (Å²) in [5, 5.41) is 21.3. The molecule has 5 atom stereocenters. The van der Waals surface area contributed by atoms with E-state index >= 15 is 0 Å². The van der Waals surface area contributed by atoms with E-state index in [0.717, 1.165) is 44.9 Å². The standard InChI is InChI=1S/C15H24O4/c1-10(16)19-14-9-5-4-7-12(14)15(18)11(14)6-2-3-8-13(15)17/h11-13,17-18H,2-9H2,1H3/t11-,12+,13+,14-,15+/m0/s1. The van der Waals surface area contributed by atoms with E-state index in [0.29, 0.717) is 6.42 Å². The molecule has 0 aliphatic heterocycles. The molecule has 0 spiro atoms. The van der Waals surface area contributed by atoms with E-state index < -0.39 is 17.3 Å². The molecule has 19 heavy (non-hydrogen) atoms. The molecular formula is C15H24O4. The number of rotatable bonds is 1. The largest absolute Gasteiger partial charge is 0.458 e. The van der Waals surface area contributed by atoms with Gasteiger partial charge in [-0.1, -0.05) is 19.3 Å². The Labute approximate surface area is 114 Å². The van der Waals surface area contributed by atoms with Crippen LogP contribution in [0.3, 0.4) is 0 Å². The fourth-order valence-corrected chi connectivity index (χ4v) is 5.06. The Kier molecular flexibility index (Phi) is 3.13. The van der Waals surface area contributed by atoms with Gasteiger partial charge in [0.2, 0.25) is 0 Å². The van der Waals surface area contributed by atoms with Crippen molar-refractivity contribution < 1.29 is 19.7 Å². The summed E-state index contributed by atoms with van der Waals surface area (Å²) in [4.78, 5) is 11.5. The van der Waals surface area contributed by atoms with Gasteiger partial charge in [0.1, 0.15) is 11.2 Å². The second-order valence-electron chi connectivity index (χ2n) is 6.59. The average molecular weight is 268 g/mol. The zero-order valence-corrected chi connectivity index (χ0v) is 11.6. The molecular weight excluding hydrogens is 244 g/mol. The summed E-state index contributed by atoms with van der Waals surface area (Å²) in [5.74, 6) is -0.407. The Balaban J connectivity index is 1.95. The minimum absolute atomic E-state index is 0.0734. The van der Waals surface area contributed by atoms with Gasteiger partial charge in [0, 0.05) is 18.8 Å². The molecule has 4 nitrogen and oxygen atoms in total. The summed E-state index contributed by atoms with van der Waals surface area (Å²) >= 11 is 0. The lowest BCUT2D eigenvalue weighted by Crippen LogP contribution is -2.79. The van der Waals surface area contributed by atoms with Crippen LogP contribution >= 0.6 is 0 Å². The summed E-state index contributed by atoms with van der Waals surface area (Å²) in [7, 11) is 0. The number of fused-ring (bicyclic) bond motifs is 4. The molecule has 0 aromatic carbocycles. The number of hydrogen-bond donors (Lipinski definition) is 2. The highest BCUT2D eigenvalue weighted by atomic mass is 16.6. The lowest BCUT2D eigenvalue weighted by molar-refractivity contribution is -0.333. The summed E-state index contributed by atoms with van der Waals surface area (Å²) < 4.78 is 5.71. The van der Waals surface area contributed by atoms with Crippen molar-refractivity contribution >= 4 is 5.97 Å². The smallest absolute Gasteiger partial charge is 0.303 e. The van der Waals surface area contributed by atoms with Gasteiger partial charge >= 0.3 is 5.97 Å². The van der Waals surface area contributed by atoms with Crippen LogP contribution in [-0.2, 0) is 9.53 Å². The van der Waals surface area contributed by atoms with Gasteiger partial charge in [-0.25, -0.2) is 0 Å². The summed E-state index contributed by atoms with van der Waals surface area (Å²) in [6, 6.07) is 0. The van der Waals surface area contributed by atoms with Crippen LogP contribution in [0.4, 0.5) is 0 Å². The Bertz CT molecular complexity index is 382. The van der Waals surface area contributed by atoms with E-state index in [9.17, 15) is 15.0 Å². The molecule has 3 aliphatic carbocycles. The van der Waals surface area contributed by atoms with E-state index in [4.69, 9.17) is 4.74 Å². The van der Waals surface area contributed by atoms with Crippen LogP contribution in [-0.4, -0.2) is 33.5 Å². The van der Waals surface area contributed by atoms with Crippen molar-refractivity contribution in [1.82, 2.24) is 0 Å². The lowest BCUT2D eigenvalue weighted by atomic mass is 9.44. The summed E-state index contributed by atoms with van der Waals surface area (Å²) in [6.45, 7) is 1.45. The molecule has 0 bridgehead atoms. The maximum Gasteiger partial charge on any atom is 0.303 e. The monoisotopic (exact) mass is 268 g/mol. The second kappa shape index (κ2) is 4.45. The highest BCUT2D eigenvalue weighted by Gasteiger charge is 2.74. The third kappa shape index (κ3) is 1.69. The van der Waals surface area contributed by atoms with Gasteiger partial charge in [-0.05, 0) is 32.1 Å². The van der Waals surface area contributed by atoms with Crippen LogP contribution < -0.4 is 0 Å². The SMILES string of the molecule is CC(=O)O[C@]12CCCC[C@H]1[C@@]1(O)[C@H](O)CCCC[C@@H]21. The first kappa shape index (κ1) is 13.4. The second-order valence-corrected chi connectivity index (χ2v) is 6.59. The van der Waals surface area contributed by atoms with Crippen molar-refractivity contribution in [1.29, 1.82) is 0 Å². The van der Waals surface area contributed by atoms with Gasteiger partial charge in [0.25, 0.3) is 0 Å². The maximum atomic E-state index is 11.5. The normalized spacial score (nSPS) is 49.3. The van der Waals surface area contributed by atoms with E-state index in [1.807, 2.05) is 0 Å². The van der Waals surface area contributed by atoms with Crippen molar-refractivity contribution in [2.24, 2.45) is 11.8 Å². The zero-order chi connectivity index (χ0) is 13.7. The average Bonchev–Trinajstić information content (AvgIpc) is 2.48. The van der Waals surface area contributed by atoms with Gasteiger partial charge < -0.3 is 14.9 Å². The van der Waals surface area contributed by atoms with Gasteiger partial charge in [-0.3, -0.25) is 4.79 Å². The number of hydrogen-bond acceptors (Lipinski definition) is 4. The van der Waals surface area contributed by atoms with Crippen molar-refractivity contribution in [2.75, 3.05) is 0 Å². The van der Waals surface area contributed by atoms with Gasteiger partial charge in [0.15, 0.2) is 0 Å². The van der Waals surface area contributed by atoms with Crippen LogP contribution in [0.2, 0.25) is 0 Å². The van der Waals surface area contributed by atoms with E-state index in [1.54, 1.807) is 0 Å². The molecule has 0 heterocycles. The molecule has 2 N–H and O–H groups in total. The van der Waals surface area contributed by atoms with Gasteiger partial charge in [-0.2, -0.15) is 0 Å². The molecule has 108 valence electrons. The molecule has 0 saturated heterocycles. The first-order valence-corrected chi connectivity index (χ1v) is 7.62. The highest BCUT2D eigenvalue weighted by molar-refractivity contribution is 5.67. The molecule has 0 aromatic rings. The van der Waals surface area contributed by atoms with Crippen molar-refractivity contribution in [3.8, 4) is 0 Å². The number of esters is 1. The maximum absolute atomic E-state index is 11.5. The van der Waals surface area contributed by atoms with Crippen LogP contribution in [0, 0.1) is 11.8 Å².